The number of hydrogen-bond acceptors (Lipinski definition) is 2. The number of carbonyl (C=O) groups excluding carboxylic acids is 1. The molecular formula is C17H20O2. The maximum atomic E-state index is 12.4. The summed E-state index contributed by atoms with van der Waals surface area (Å²) in [6.07, 6.45) is 2.65. The van der Waals surface area contributed by atoms with Gasteiger partial charge in [-0.05, 0) is 31.9 Å². The number of ketones is 1. The van der Waals surface area contributed by atoms with Gasteiger partial charge >= 0.3 is 0 Å². The molecule has 0 fully saturated rings. The minimum atomic E-state index is 0.127. The van der Waals surface area contributed by atoms with Gasteiger partial charge in [-0.25, -0.2) is 0 Å². The van der Waals surface area contributed by atoms with Gasteiger partial charge in [0.15, 0.2) is 5.78 Å². The highest BCUT2D eigenvalue weighted by atomic mass is 16.5. The van der Waals surface area contributed by atoms with Crippen molar-refractivity contribution >= 4 is 5.78 Å². The fourth-order valence-electron chi connectivity index (χ4n) is 2.61. The zero-order valence-electron chi connectivity index (χ0n) is 12.0. The van der Waals surface area contributed by atoms with Gasteiger partial charge in [-0.1, -0.05) is 41.9 Å². The van der Waals surface area contributed by atoms with Crippen LogP contribution in [0.1, 0.15) is 37.6 Å². The second-order valence-corrected chi connectivity index (χ2v) is 5.12. The summed E-state index contributed by atoms with van der Waals surface area (Å²) in [6.45, 7) is 6.36. The molecule has 2 nitrogen and oxygen atoms in total. The van der Waals surface area contributed by atoms with Crippen LogP contribution in [0.4, 0.5) is 0 Å². The van der Waals surface area contributed by atoms with Gasteiger partial charge in [0.2, 0.25) is 0 Å². The molecule has 0 saturated carbocycles. The number of allylic oxidation sites excluding steroid dienone is 4. The van der Waals surface area contributed by atoms with Crippen molar-refractivity contribution in [3.63, 3.8) is 0 Å². The Morgan fingerprint density at radius 2 is 1.95 bits per heavy atom. The second-order valence-electron chi connectivity index (χ2n) is 5.12. The Bertz CT molecular complexity index is 564. The molecule has 0 radical (unpaired) electrons. The van der Waals surface area contributed by atoms with Gasteiger partial charge in [0, 0.05) is 6.42 Å². The molecule has 100 valence electrons. The van der Waals surface area contributed by atoms with Crippen molar-refractivity contribution in [3.8, 4) is 5.75 Å². The largest absolute Gasteiger partial charge is 0.496 e. The van der Waals surface area contributed by atoms with Gasteiger partial charge in [0.05, 0.1) is 12.7 Å². The van der Waals surface area contributed by atoms with Gasteiger partial charge in [0.1, 0.15) is 5.75 Å². The van der Waals surface area contributed by atoms with E-state index in [4.69, 9.17) is 4.74 Å². The molecule has 0 heterocycles. The average Bonchev–Trinajstić information content (AvgIpc) is 2.65. The number of rotatable bonds is 4. The van der Waals surface area contributed by atoms with Crippen molar-refractivity contribution in [1.29, 1.82) is 0 Å². The van der Waals surface area contributed by atoms with Crippen LogP contribution in [-0.2, 0) is 0 Å². The van der Waals surface area contributed by atoms with Gasteiger partial charge in [-0.15, -0.1) is 0 Å². The standard InChI is InChI=1S/C17H20O2/c1-11-9-12(2)15(13(11)3)10-16(18)14-7-5-6-8-17(14)19-4/h5-9,13H,10H2,1-4H3. The summed E-state index contributed by atoms with van der Waals surface area (Å²) in [5, 5.41) is 0. The van der Waals surface area contributed by atoms with Crippen molar-refractivity contribution in [1.82, 2.24) is 0 Å². The molecule has 0 spiro atoms. The molecule has 19 heavy (non-hydrogen) atoms. The van der Waals surface area contributed by atoms with Crippen molar-refractivity contribution in [2.75, 3.05) is 7.11 Å². The lowest BCUT2D eigenvalue weighted by atomic mass is 9.92. The number of ether oxygens (including phenoxy) is 1. The molecule has 1 aliphatic carbocycles. The monoisotopic (exact) mass is 256 g/mol. The predicted molar refractivity (Wildman–Crippen MR) is 77.6 cm³/mol. The maximum Gasteiger partial charge on any atom is 0.170 e. The van der Waals surface area contributed by atoms with Gasteiger partial charge in [0.25, 0.3) is 0 Å². The number of hydrogen-bond donors (Lipinski definition) is 0. The Labute approximate surface area is 114 Å². The molecular weight excluding hydrogens is 236 g/mol. The molecule has 0 N–H and O–H groups in total. The Balaban J connectivity index is 2.21. The van der Waals surface area contributed by atoms with Crippen molar-refractivity contribution in [3.05, 3.63) is 52.6 Å². The van der Waals surface area contributed by atoms with E-state index in [9.17, 15) is 4.79 Å². The van der Waals surface area contributed by atoms with E-state index in [2.05, 4.69) is 26.8 Å². The lowest BCUT2D eigenvalue weighted by Gasteiger charge is -2.13. The Kier molecular flexibility index (Phi) is 3.89. The van der Waals surface area contributed by atoms with E-state index in [-0.39, 0.29) is 5.78 Å². The van der Waals surface area contributed by atoms with Crippen LogP contribution in [0.15, 0.2) is 47.1 Å². The summed E-state index contributed by atoms with van der Waals surface area (Å²) in [7, 11) is 1.60. The minimum Gasteiger partial charge on any atom is -0.496 e. The van der Waals surface area contributed by atoms with E-state index in [0.717, 1.165) is 0 Å². The number of para-hydroxylation sites is 1. The smallest absolute Gasteiger partial charge is 0.170 e. The number of Topliss-reactive ketones (excluding diaryl/α,β-unsaturated/α-hetero) is 1. The quantitative estimate of drug-likeness (QED) is 0.755. The molecule has 2 rings (SSSR count). The second kappa shape index (κ2) is 5.43. The number of methoxy groups -OCH3 is 1. The van der Waals surface area contributed by atoms with Crippen LogP contribution in [-0.4, -0.2) is 12.9 Å². The Morgan fingerprint density at radius 1 is 1.26 bits per heavy atom. The van der Waals surface area contributed by atoms with Crippen LogP contribution in [0, 0.1) is 5.92 Å². The topological polar surface area (TPSA) is 26.3 Å². The molecule has 1 aromatic rings. The van der Waals surface area contributed by atoms with Crippen LogP contribution >= 0.6 is 0 Å². The number of benzene rings is 1. The van der Waals surface area contributed by atoms with Crippen molar-refractivity contribution in [2.45, 2.75) is 27.2 Å². The van der Waals surface area contributed by atoms with Crippen LogP contribution < -0.4 is 4.74 Å². The molecule has 1 atom stereocenters. The highest BCUT2D eigenvalue weighted by molar-refractivity contribution is 6.00. The highest BCUT2D eigenvalue weighted by Crippen LogP contribution is 2.34. The van der Waals surface area contributed by atoms with E-state index < -0.39 is 0 Å². The summed E-state index contributed by atoms with van der Waals surface area (Å²) < 4.78 is 5.26. The molecule has 0 aromatic heterocycles. The zero-order chi connectivity index (χ0) is 14.0. The SMILES string of the molecule is COc1ccccc1C(=O)CC1=C(C)C=C(C)C1C. The van der Waals surface area contributed by atoms with Crippen molar-refractivity contribution in [2.24, 2.45) is 5.92 Å². The third-order valence-corrected chi connectivity index (χ3v) is 3.91. The predicted octanol–water partition coefficient (Wildman–Crippen LogP) is 4.18. The van der Waals surface area contributed by atoms with Crippen LogP contribution in [0.2, 0.25) is 0 Å². The summed E-state index contributed by atoms with van der Waals surface area (Å²) in [6, 6.07) is 7.41. The summed E-state index contributed by atoms with van der Waals surface area (Å²) in [5.74, 6) is 1.15. The average molecular weight is 256 g/mol. The van der Waals surface area contributed by atoms with Crippen molar-refractivity contribution < 1.29 is 9.53 Å². The first-order chi connectivity index (χ1) is 9.04. The molecule has 1 unspecified atom stereocenters. The molecule has 0 aliphatic heterocycles. The molecule has 0 bridgehead atoms. The molecule has 0 saturated heterocycles. The minimum absolute atomic E-state index is 0.127. The van der Waals surface area contributed by atoms with E-state index in [1.54, 1.807) is 7.11 Å². The van der Waals surface area contributed by atoms with Gasteiger partial charge in [-0.3, -0.25) is 4.79 Å². The van der Waals surface area contributed by atoms with Gasteiger partial charge < -0.3 is 4.74 Å². The maximum absolute atomic E-state index is 12.4. The first-order valence-electron chi connectivity index (χ1n) is 6.58. The van der Waals surface area contributed by atoms with Crippen LogP contribution in [0.25, 0.3) is 0 Å². The fraction of sp³-hybridized carbons (Fsp3) is 0.353. The molecule has 0 amide bonds. The Morgan fingerprint density at radius 3 is 2.53 bits per heavy atom. The zero-order valence-corrected chi connectivity index (χ0v) is 12.0. The van der Waals surface area contributed by atoms with Crippen LogP contribution in [0.3, 0.4) is 0 Å². The van der Waals surface area contributed by atoms with E-state index in [0.29, 0.717) is 23.7 Å². The third-order valence-electron chi connectivity index (χ3n) is 3.91. The molecule has 2 heteroatoms. The molecule has 1 aliphatic rings. The number of carbonyl (C=O) groups is 1. The lowest BCUT2D eigenvalue weighted by Crippen LogP contribution is -2.07. The van der Waals surface area contributed by atoms with E-state index >= 15 is 0 Å². The normalized spacial score (nSPS) is 18.5. The third kappa shape index (κ3) is 2.62. The van der Waals surface area contributed by atoms with E-state index in [1.807, 2.05) is 24.3 Å². The molecule has 1 aromatic carbocycles. The highest BCUT2D eigenvalue weighted by Gasteiger charge is 2.23. The van der Waals surface area contributed by atoms with Gasteiger partial charge in [-0.2, -0.15) is 0 Å². The Hall–Kier alpha value is -1.83. The van der Waals surface area contributed by atoms with Crippen LogP contribution in [0.5, 0.6) is 5.75 Å². The fourth-order valence-corrected chi connectivity index (χ4v) is 2.61. The summed E-state index contributed by atoms with van der Waals surface area (Å²) in [5.41, 5.74) is 4.46. The summed E-state index contributed by atoms with van der Waals surface area (Å²) in [4.78, 5) is 12.4. The first kappa shape index (κ1) is 13.6. The lowest BCUT2D eigenvalue weighted by molar-refractivity contribution is 0.0988. The summed E-state index contributed by atoms with van der Waals surface area (Å²) >= 11 is 0. The first-order valence-corrected chi connectivity index (χ1v) is 6.58. The van der Waals surface area contributed by atoms with E-state index in [1.165, 1.54) is 16.7 Å².